The summed E-state index contributed by atoms with van der Waals surface area (Å²) in [5, 5.41) is 3.35. The molecule has 0 aliphatic rings. The summed E-state index contributed by atoms with van der Waals surface area (Å²) >= 11 is 9.26. The van der Waals surface area contributed by atoms with Crippen LogP contribution in [-0.2, 0) is 11.2 Å². The third-order valence-corrected chi connectivity index (χ3v) is 3.75. The Morgan fingerprint density at radius 2 is 2.05 bits per heavy atom. The standard InChI is InChI=1S/C14H12BrClN2O/c15-12-5-4-11(8-13(12)16)18-14(19)7-9-2-1-3-10(17)6-9/h1-6,8H,7,17H2,(H,18,19). The molecule has 0 aliphatic carbocycles. The van der Waals surface area contributed by atoms with Crippen LogP contribution in [0.3, 0.4) is 0 Å². The number of nitrogens with one attached hydrogen (secondary N) is 1. The average molecular weight is 340 g/mol. The molecule has 1 amide bonds. The molecule has 0 saturated carbocycles. The van der Waals surface area contributed by atoms with Gasteiger partial charge in [-0.1, -0.05) is 23.7 Å². The predicted octanol–water partition coefficient (Wildman–Crippen LogP) is 3.87. The van der Waals surface area contributed by atoms with Crippen molar-refractivity contribution >= 4 is 44.8 Å². The van der Waals surface area contributed by atoms with Gasteiger partial charge in [0.1, 0.15) is 0 Å². The van der Waals surface area contributed by atoms with Gasteiger partial charge < -0.3 is 11.1 Å². The molecule has 2 rings (SSSR count). The summed E-state index contributed by atoms with van der Waals surface area (Å²) in [5.74, 6) is -0.107. The highest BCUT2D eigenvalue weighted by Crippen LogP contribution is 2.25. The van der Waals surface area contributed by atoms with Gasteiger partial charge in [0.05, 0.1) is 11.4 Å². The summed E-state index contributed by atoms with van der Waals surface area (Å²) in [6.45, 7) is 0. The van der Waals surface area contributed by atoms with Gasteiger partial charge in [-0.05, 0) is 51.8 Å². The lowest BCUT2D eigenvalue weighted by Gasteiger charge is -2.07. The van der Waals surface area contributed by atoms with E-state index in [1.165, 1.54) is 0 Å². The maximum absolute atomic E-state index is 11.9. The van der Waals surface area contributed by atoms with Crippen LogP contribution in [0.2, 0.25) is 5.02 Å². The fraction of sp³-hybridized carbons (Fsp3) is 0.0714. The highest BCUT2D eigenvalue weighted by atomic mass is 79.9. The number of hydrogen-bond acceptors (Lipinski definition) is 2. The summed E-state index contributed by atoms with van der Waals surface area (Å²) in [4.78, 5) is 11.9. The van der Waals surface area contributed by atoms with Crippen molar-refractivity contribution in [1.82, 2.24) is 0 Å². The van der Waals surface area contributed by atoms with Crippen molar-refractivity contribution in [3.8, 4) is 0 Å². The quantitative estimate of drug-likeness (QED) is 0.834. The number of nitrogens with two attached hydrogens (primary N) is 1. The molecule has 0 aromatic heterocycles. The first-order valence-corrected chi connectivity index (χ1v) is 6.81. The topological polar surface area (TPSA) is 55.1 Å². The number of nitrogen functional groups attached to an aromatic ring is 1. The van der Waals surface area contributed by atoms with Crippen molar-refractivity contribution in [1.29, 1.82) is 0 Å². The SMILES string of the molecule is Nc1cccc(CC(=O)Nc2ccc(Br)c(Cl)c2)c1. The molecule has 5 heteroatoms. The minimum Gasteiger partial charge on any atom is -0.399 e. The Hall–Kier alpha value is -1.52. The predicted molar refractivity (Wildman–Crippen MR) is 82.3 cm³/mol. The first-order chi connectivity index (χ1) is 9.04. The van der Waals surface area contributed by atoms with Crippen LogP contribution < -0.4 is 11.1 Å². The number of rotatable bonds is 3. The van der Waals surface area contributed by atoms with Crippen molar-refractivity contribution in [2.75, 3.05) is 11.1 Å². The van der Waals surface area contributed by atoms with Gasteiger partial charge in [0, 0.05) is 15.8 Å². The van der Waals surface area contributed by atoms with Crippen molar-refractivity contribution in [3.05, 3.63) is 57.5 Å². The van der Waals surface area contributed by atoms with E-state index in [4.69, 9.17) is 17.3 Å². The Bertz CT molecular complexity index is 616. The fourth-order valence-electron chi connectivity index (χ4n) is 1.67. The Morgan fingerprint density at radius 1 is 1.26 bits per heavy atom. The van der Waals surface area contributed by atoms with Crippen molar-refractivity contribution in [3.63, 3.8) is 0 Å². The van der Waals surface area contributed by atoms with Gasteiger partial charge in [0.15, 0.2) is 0 Å². The molecule has 2 aromatic rings. The van der Waals surface area contributed by atoms with Crippen LogP contribution >= 0.6 is 27.5 Å². The second-order valence-electron chi connectivity index (χ2n) is 4.10. The third-order valence-electron chi connectivity index (χ3n) is 2.52. The number of carbonyl (C=O) groups is 1. The molecule has 0 heterocycles. The number of carbonyl (C=O) groups excluding carboxylic acids is 1. The smallest absolute Gasteiger partial charge is 0.228 e. The molecule has 3 nitrogen and oxygen atoms in total. The zero-order valence-electron chi connectivity index (χ0n) is 9.99. The Labute approximate surface area is 124 Å². The molecular formula is C14H12BrClN2O. The second kappa shape index (κ2) is 6.08. The molecule has 0 spiro atoms. The maximum atomic E-state index is 11.9. The molecule has 2 aromatic carbocycles. The van der Waals surface area contributed by atoms with Crippen molar-refractivity contribution in [2.24, 2.45) is 0 Å². The van der Waals surface area contributed by atoms with Gasteiger partial charge in [-0.2, -0.15) is 0 Å². The van der Waals surface area contributed by atoms with Gasteiger partial charge in [-0.15, -0.1) is 0 Å². The fourth-order valence-corrected chi connectivity index (χ4v) is 2.09. The third kappa shape index (κ3) is 3.98. The summed E-state index contributed by atoms with van der Waals surface area (Å²) < 4.78 is 0.794. The molecule has 0 aliphatic heterocycles. The number of anilines is 2. The molecule has 19 heavy (non-hydrogen) atoms. The summed E-state index contributed by atoms with van der Waals surface area (Å²) in [6.07, 6.45) is 0.277. The van der Waals surface area contributed by atoms with E-state index < -0.39 is 0 Å². The van der Waals surface area contributed by atoms with E-state index in [9.17, 15) is 4.79 Å². The number of halogens is 2. The zero-order valence-corrected chi connectivity index (χ0v) is 12.3. The normalized spacial score (nSPS) is 10.2. The van der Waals surface area contributed by atoms with Crippen LogP contribution in [0.15, 0.2) is 46.9 Å². The van der Waals surface area contributed by atoms with Gasteiger partial charge in [-0.25, -0.2) is 0 Å². The summed E-state index contributed by atoms with van der Waals surface area (Å²) in [7, 11) is 0. The van der Waals surface area contributed by atoms with Crippen molar-refractivity contribution < 1.29 is 4.79 Å². The van der Waals surface area contributed by atoms with E-state index in [0.717, 1.165) is 10.0 Å². The minimum atomic E-state index is -0.107. The molecule has 0 radical (unpaired) electrons. The lowest BCUT2D eigenvalue weighted by Crippen LogP contribution is -2.14. The van der Waals surface area contributed by atoms with Gasteiger partial charge in [-0.3, -0.25) is 4.79 Å². The Morgan fingerprint density at radius 3 is 2.74 bits per heavy atom. The summed E-state index contributed by atoms with van der Waals surface area (Å²) in [5.41, 5.74) is 7.86. The van der Waals surface area contributed by atoms with Crippen LogP contribution in [0.1, 0.15) is 5.56 Å². The number of benzene rings is 2. The number of amides is 1. The van der Waals surface area contributed by atoms with E-state index in [-0.39, 0.29) is 12.3 Å². The molecule has 3 N–H and O–H groups in total. The van der Waals surface area contributed by atoms with E-state index in [1.807, 2.05) is 12.1 Å². The molecule has 0 fully saturated rings. The van der Waals surface area contributed by atoms with Crippen LogP contribution in [-0.4, -0.2) is 5.91 Å². The Kier molecular flexibility index (Phi) is 4.45. The van der Waals surface area contributed by atoms with E-state index in [1.54, 1.807) is 30.3 Å². The highest BCUT2D eigenvalue weighted by Gasteiger charge is 2.06. The molecule has 0 atom stereocenters. The molecular weight excluding hydrogens is 328 g/mol. The van der Waals surface area contributed by atoms with Crippen LogP contribution in [0.5, 0.6) is 0 Å². The van der Waals surface area contributed by atoms with Gasteiger partial charge in [0.25, 0.3) is 0 Å². The van der Waals surface area contributed by atoms with E-state index in [0.29, 0.717) is 16.4 Å². The maximum Gasteiger partial charge on any atom is 0.228 e. The molecule has 0 bridgehead atoms. The largest absolute Gasteiger partial charge is 0.399 e. The lowest BCUT2D eigenvalue weighted by molar-refractivity contribution is -0.115. The molecule has 98 valence electrons. The minimum absolute atomic E-state index is 0.107. The first kappa shape index (κ1) is 13.9. The first-order valence-electron chi connectivity index (χ1n) is 5.64. The van der Waals surface area contributed by atoms with Gasteiger partial charge in [0.2, 0.25) is 5.91 Å². The van der Waals surface area contributed by atoms with Gasteiger partial charge >= 0.3 is 0 Å². The van der Waals surface area contributed by atoms with E-state index in [2.05, 4.69) is 21.2 Å². The van der Waals surface area contributed by atoms with Crippen molar-refractivity contribution in [2.45, 2.75) is 6.42 Å². The lowest BCUT2D eigenvalue weighted by atomic mass is 10.1. The molecule has 0 saturated heterocycles. The van der Waals surface area contributed by atoms with Crippen LogP contribution in [0.4, 0.5) is 11.4 Å². The number of hydrogen-bond donors (Lipinski definition) is 2. The van der Waals surface area contributed by atoms with Crippen LogP contribution in [0, 0.1) is 0 Å². The average Bonchev–Trinajstić information content (AvgIpc) is 2.34. The second-order valence-corrected chi connectivity index (χ2v) is 5.36. The summed E-state index contributed by atoms with van der Waals surface area (Å²) in [6, 6.07) is 12.5. The Balaban J connectivity index is 2.03. The van der Waals surface area contributed by atoms with E-state index >= 15 is 0 Å². The monoisotopic (exact) mass is 338 g/mol. The highest BCUT2D eigenvalue weighted by molar-refractivity contribution is 9.10. The zero-order chi connectivity index (χ0) is 13.8. The van der Waals surface area contributed by atoms with Crippen LogP contribution in [0.25, 0.3) is 0 Å². The molecule has 0 unspecified atom stereocenters.